The van der Waals surface area contributed by atoms with Gasteiger partial charge in [-0.2, -0.15) is 0 Å². The molecule has 30 heavy (non-hydrogen) atoms. The van der Waals surface area contributed by atoms with Gasteiger partial charge in [-0.15, -0.1) is 11.3 Å². The minimum Gasteiger partial charge on any atom is -0.486 e. The lowest BCUT2D eigenvalue weighted by molar-refractivity contribution is -0.114. The van der Waals surface area contributed by atoms with Gasteiger partial charge in [0, 0.05) is 12.1 Å². The molecule has 0 spiro atoms. The van der Waals surface area contributed by atoms with Gasteiger partial charge >= 0.3 is 11.9 Å². The van der Waals surface area contributed by atoms with Gasteiger partial charge in [-0.3, -0.25) is 4.79 Å². The molecule has 2 N–H and O–H groups in total. The quantitative estimate of drug-likeness (QED) is 0.640. The number of methoxy groups -OCH3 is 2. The topological polar surface area (TPSA) is 112 Å². The largest absolute Gasteiger partial charge is 0.486 e. The number of carbonyl (C=O) groups is 3. The summed E-state index contributed by atoms with van der Waals surface area (Å²) in [5.41, 5.74) is 0.965. The zero-order valence-corrected chi connectivity index (χ0v) is 18.0. The van der Waals surface area contributed by atoms with Crippen LogP contribution >= 0.6 is 22.9 Å². The molecule has 0 fully saturated rings. The van der Waals surface area contributed by atoms with Crippen molar-refractivity contribution in [2.45, 2.75) is 6.92 Å². The van der Waals surface area contributed by atoms with Crippen LogP contribution in [-0.4, -0.2) is 51.8 Å². The molecular formula is C19H19ClN2O7S. The Morgan fingerprint density at radius 2 is 1.73 bits per heavy atom. The molecule has 2 aromatic rings. The van der Waals surface area contributed by atoms with Gasteiger partial charge in [-0.25, -0.2) is 9.59 Å². The number of ether oxygens (including phenoxy) is 4. The number of fused-ring (bicyclic) bond motifs is 1. The average Bonchev–Trinajstić information content (AvgIpc) is 3.06. The number of hydrogen-bond acceptors (Lipinski definition) is 9. The lowest BCUT2D eigenvalue weighted by Crippen LogP contribution is -2.23. The Labute approximate surface area is 181 Å². The minimum absolute atomic E-state index is 0.105. The van der Waals surface area contributed by atoms with Crippen molar-refractivity contribution in [2.75, 3.05) is 44.6 Å². The van der Waals surface area contributed by atoms with Crippen molar-refractivity contribution in [2.24, 2.45) is 0 Å². The zero-order valence-electron chi connectivity index (χ0n) is 16.4. The van der Waals surface area contributed by atoms with Crippen LogP contribution in [-0.2, 0) is 14.3 Å². The van der Waals surface area contributed by atoms with E-state index in [4.69, 9.17) is 30.5 Å². The van der Waals surface area contributed by atoms with E-state index in [9.17, 15) is 14.4 Å². The molecule has 3 rings (SSSR count). The molecule has 1 amide bonds. The molecule has 0 aliphatic carbocycles. The third kappa shape index (κ3) is 4.44. The van der Waals surface area contributed by atoms with Crippen molar-refractivity contribution in [1.82, 2.24) is 0 Å². The number of anilines is 2. The fraction of sp³-hybridized carbons (Fsp3) is 0.316. The number of halogens is 1. The Morgan fingerprint density at radius 3 is 2.37 bits per heavy atom. The molecule has 1 aromatic carbocycles. The minimum atomic E-state index is -0.669. The second-order valence-electron chi connectivity index (χ2n) is 6.12. The number of esters is 2. The molecule has 1 aromatic heterocycles. The molecule has 0 saturated carbocycles. The van der Waals surface area contributed by atoms with Crippen LogP contribution in [0.3, 0.4) is 0 Å². The van der Waals surface area contributed by atoms with E-state index in [2.05, 4.69) is 10.6 Å². The first-order chi connectivity index (χ1) is 14.3. The van der Waals surface area contributed by atoms with Gasteiger partial charge in [0.25, 0.3) is 0 Å². The van der Waals surface area contributed by atoms with Crippen LogP contribution in [0.4, 0.5) is 10.7 Å². The summed E-state index contributed by atoms with van der Waals surface area (Å²) in [5.74, 6) is -0.670. The van der Waals surface area contributed by atoms with Crippen molar-refractivity contribution < 1.29 is 33.3 Å². The summed E-state index contributed by atoms with van der Waals surface area (Å²) in [4.78, 5) is 36.8. The van der Waals surface area contributed by atoms with E-state index in [1.807, 2.05) is 0 Å². The van der Waals surface area contributed by atoms with Gasteiger partial charge < -0.3 is 29.6 Å². The van der Waals surface area contributed by atoms with Crippen LogP contribution in [0.15, 0.2) is 12.1 Å². The van der Waals surface area contributed by atoms with E-state index in [1.165, 1.54) is 14.2 Å². The first-order valence-corrected chi connectivity index (χ1v) is 9.98. The number of nitrogens with one attached hydrogen (secondary N) is 2. The van der Waals surface area contributed by atoms with Crippen LogP contribution in [0.2, 0.25) is 5.02 Å². The second kappa shape index (κ2) is 9.23. The van der Waals surface area contributed by atoms with Gasteiger partial charge in [0.2, 0.25) is 5.91 Å². The predicted molar refractivity (Wildman–Crippen MR) is 111 cm³/mol. The highest BCUT2D eigenvalue weighted by Gasteiger charge is 2.26. The summed E-state index contributed by atoms with van der Waals surface area (Å²) in [7, 11) is 2.45. The van der Waals surface area contributed by atoms with Crippen molar-refractivity contribution in [3.63, 3.8) is 0 Å². The lowest BCUT2D eigenvalue weighted by atomic mass is 10.1. The van der Waals surface area contributed by atoms with Crippen molar-refractivity contribution in [3.8, 4) is 11.5 Å². The van der Waals surface area contributed by atoms with Crippen LogP contribution in [0, 0.1) is 6.92 Å². The molecule has 2 heterocycles. The number of rotatable bonds is 6. The molecule has 0 atom stereocenters. The van der Waals surface area contributed by atoms with Crippen LogP contribution < -0.4 is 20.1 Å². The van der Waals surface area contributed by atoms with Gasteiger partial charge in [0.05, 0.1) is 37.0 Å². The molecule has 1 aliphatic rings. The summed E-state index contributed by atoms with van der Waals surface area (Å²) in [6.45, 7) is 2.29. The number of thiophene rings is 1. The molecule has 0 bridgehead atoms. The molecule has 11 heteroatoms. The second-order valence-corrected chi connectivity index (χ2v) is 7.55. The SMILES string of the molecule is COC(=O)c1sc(NC(=O)CNc2cc3c(cc2Cl)OCCO3)c(C(=O)OC)c1C. The fourth-order valence-corrected chi connectivity index (χ4v) is 4.13. The zero-order chi connectivity index (χ0) is 21.8. The van der Waals surface area contributed by atoms with Crippen molar-refractivity contribution in [3.05, 3.63) is 33.2 Å². The Morgan fingerprint density at radius 1 is 1.10 bits per heavy atom. The van der Waals surface area contributed by atoms with E-state index in [0.29, 0.717) is 41.0 Å². The van der Waals surface area contributed by atoms with Gasteiger partial charge in [-0.05, 0) is 12.5 Å². The van der Waals surface area contributed by atoms with E-state index in [1.54, 1.807) is 19.1 Å². The van der Waals surface area contributed by atoms with Crippen molar-refractivity contribution >= 4 is 51.5 Å². The van der Waals surface area contributed by atoms with Crippen molar-refractivity contribution in [1.29, 1.82) is 0 Å². The fourth-order valence-electron chi connectivity index (χ4n) is 2.78. The third-order valence-electron chi connectivity index (χ3n) is 4.23. The average molecular weight is 455 g/mol. The number of hydrogen-bond donors (Lipinski definition) is 2. The molecule has 0 saturated heterocycles. The van der Waals surface area contributed by atoms with Gasteiger partial charge in [0.15, 0.2) is 11.5 Å². The first kappa shape index (κ1) is 21.7. The molecule has 160 valence electrons. The molecule has 0 unspecified atom stereocenters. The molecule has 0 radical (unpaired) electrons. The maximum absolute atomic E-state index is 12.5. The van der Waals surface area contributed by atoms with Gasteiger partial charge in [-0.1, -0.05) is 11.6 Å². The number of benzene rings is 1. The first-order valence-electron chi connectivity index (χ1n) is 8.78. The molecule has 9 nitrogen and oxygen atoms in total. The highest BCUT2D eigenvalue weighted by molar-refractivity contribution is 7.18. The summed E-state index contributed by atoms with van der Waals surface area (Å²) in [6, 6.07) is 3.26. The number of carbonyl (C=O) groups excluding carboxylic acids is 3. The predicted octanol–water partition coefficient (Wildman–Crippen LogP) is 3.10. The van der Waals surface area contributed by atoms with E-state index < -0.39 is 17.8 Å². The summed E-state index contributed by atoms with van der Waals surface area (Å²) < 4.78 is 20.5. The summed E-state index contributed by atoms with van der Waals surface area (Å²) in [5, 5.41) is 6.10. The van der Waals surface area contributed by atoms with E-state index in [0.717, 1.165) is 11.3 Å². The van der Waals surface area contributed by atoms with Gasteiger partial charge in [0.1, 0.15) is 23.1 Å². The Balaban J connectivity index is 1.75. The Hall–Kier alpha value is -2.98. The standard InChI is InChI=1S/C19H19ClN2O7S/c1-9-15(18(24)26-2)17(30-16(9)19(25)27-3)22-14(23)8-21-11-7-13-12(6-10(11)20)28-4-5-29-13/h6-7,21H,4-5,8H2,1-3H3,(H,22,23). The Bertz CT molecular complexity index is 1010. The van der Waals surface area contributed by atoms with Crippen LogP contribution in [0.25, 0.3) is 0 Å². The third-order valence-corrected chi connectivity index (χ3v) is 5.73. The smallest absolute Gasteiger partial charge is 0.348 e. The molecular weight excluding hydrogens is 436 g/mol. The highest BCUT2D eigenvalue weighted by Crippen LogP contribution is 2.38. The summed E-state index contributed by atoms with van der Waals surface area (Å²) in [6.07, 6.45) is 0. The maximum Gasteiger partial charge on any atom is 0.348 e. The normalized spacial score (nSPS) is 12.1. The Kier molecular flexibility index (Phi) is 6.68. The van der Waals surface area contributed by atoms with Crippen LogP contribution in [0.5, 0.6) is 11.5 Å². The van der Waals surface area contributed by atoms with E-state index in [-0.39, 0.29) is 22.0 Å². The summed E-state index contributed by atoms with van der Waals surface area (Å²) >= 11 is 7.16. The monoisotopic (exact) mass is 454 g/mol. The van der Waals surface area contributed by atoms with Crippen LogP contribution in [0.1, 0.15) is 25.6 Å². The lowest BCUT2D eigenvalue weighted by Gasteiger charge is -2.20. The molecule has 1 aliphatic heterocycles. The van der Waals surface area contributed by atoms with E-state index >= 15 is 0 Å². The number of amides is 1. The maximum atomic E-state index is 12.5. The highest BCUT2D eigenvalue weighted by atomic mass is 35.5.